The van der Waals surface area contributed by atoms with Crippen LogP contribution in [0.5, 0.6) is 0 Å². The molecule has 4 rings (SSSR count). The molecule has 0 aliphatic carbocycles. The van der Waals surface area contributed by atoms with Crippen molar-refractivity contribution in [3.05, 3.63) is 72.1 Å². The monoisotopic (exact) mass is 437 g/mol. The average Bonchev–Trinajstić information content (AvgIpc) is 3.36. The van der Waals surface area contributed by atoms with Crippen LogP contribution in [0.2, 0.25) is 0 Å². The van der Waals surface area contributed by atoms with Crippen molar-refractivity contribution in [3.8, 4) is 0 Å². The van der Waals surface area contributed by atoms with E-state index in [1.54, 1.807) is 24.2 Å². The summed E-state index contributed by atoms with van der Waals surface area (Å²) in [4.78, 5) is 21.2. The maximum atomic E-state index is 12.5. The van der Waals surface area contributed by atoms with Crippen molar-refractivity contribution in [1.82, 2.24) is 9.97 Å². The van der Waals surface area contributed by atoms with Gasteiger partial charge in [0.2, 0.25) is 11.8 Å². The van der Waals surface area contributed by atoms with Crippen LogP contribution in [0.15, 0.2) is 63.5 Å². The van der Waals surface area contributed by atoms with E-state index in [9.17, 15) is 4.79 Å². The van der Waals surface area contributed by atoms with Gasteiger partial charge >= 0.3 is 0 Å². The van der Waals surface area contributed by atoms with E-state index in [1.807, 2.05) is 30.3 Å². The summed E-state index contributed by atoms with van der Waals surface area (Å²) in [6, 6.07) is 14.1. The van der Waals surface area contributed by atoms with Crippen molar-refractivity contribution >= 4 is 44.9 Å². The molecular weight excluding hydrogens is 414 g/mol. The molecule has 0 unspecified atom stereocenters. The number of anilines is 1. The van der Waals surface area contributed by atoms with Gasteiger partial charge in [0.15, 0.2) is 5.13 Å². The van der Waals surface area contributed by atoms with Crippen molar-refractivity contribution in [2.75, 3.05) is 5.32 Å². The van der Waals surface area contributed by atoms with Crippen LogP contribution >= 0.6 is 23.1 Å². The van der Waals surface area contributed by atoms with E-state index in [2.05, 4.69) is 48.2 Å². The number of thiazole rings is 1. The first-order chi connectivity index (χ1) is 14.4. The van der Waals surface area contributed by atoms with Crippen molar-refractivity contribution in [2.45, 2.75) is 42.6 Å². The van der Waals surface area contributed by atoms with Gasteiger partial charge in [-0.05, 0) is 16.3 Å². The van der Waals surface area contributed by atoms with E-state index in [-0.39, 0.29) is 11.3 Å². The number of fused-ring (bicyclic) bond motifs is 1. The Balaban J connectivity index is 1.35. The van der Waals surface area contributed by atoms with Gasteiger partial charge in [0.25, 0.3) is 0 Å². The highest BCUT2D eigenvalue weighted by atomic mass is 32.2. The zero-order chi connectivity index (χ0) is 21.1. The third-order valence-electron chi connectivity index (χ3n) is 4.59. The number of amides is 1. The summed E-state index contributed by atoms with van der Waals surface area (Å²) in [5, 5.41) is 5.75. The standard InChI is InChI=1S/C23H23N3O2S2/c1-23(2,3)18-12-24-20(28-18)14-29-21-13-25-22(30-21)26-19(27)11-16-9-6-8-15-7-4-5-10-17(15)16/h4-10,12-13H,11,14H2,1-3H3,(H,25,26,27). The molecule has 1 amide bonds. The van der Waals surface area contributed by atoms with Crippen LogP contribution in [0.4, 0.5) is 5.13 Å². The fourth-order valence-electron chi connectivity index (χ4n) is 3.02. The van der Waals surface area contributed by atoms with Gasteiger partial charge in [0, 0.05) is 5.41 Å². The molecule has 0 aliphatic heterocycles. The number of rotatable bonds is 6. The first-order valence-corrected chi connectivity index (χ1v) is 11.5. The van der Waals surface area contributed by atoms with Crippen LogP contribution in [-0.2, 0) is 22.4 Å². The number of hydrogen-bond acceptors (Lipinski definition) is 6. The summed E-state index contributed by atoms with van der Waals surface area (Å²) in [5.41, 5.74) is 0.956. The van der Waals surface area contributed by atoms with Crippen LogP contribution < -0.4 is 5.32 Å². The Labute approximate surface area is 183 Å². The molecule has 0 saturated carbocycles. The number of carbonyl (C=O) groups excluding carboxylic acids is 1. The number of carbonyl (C=O) groups is 1. The number of thioether (sulfide) groups is 1. The maximum absolute atomic E-state index is 12.5. The molecule has 2 aromatic heterocycles. The molecule has 0 saturated heterocycles. The number of hydrogen-bond donors (Lipinski definition) is 1. The zero-order valence-electron chi connectivity index (χ0n) is 17.1. The van der Waals surface area contributed by atoms with Crippen LogP contribution in [0, 0.1) is 0 Å². The fourth-order valence-corrected chi connectivity index (χ4v) is 4.77. The molecule has 4 aromatic rings. The van der Waals surface area contributed by atoms with Crippen LogP contribution in [0.1, 0.15) is 38.0 Å². The minimum absolute atomic E-state index is 0.0536. The Bertz CT molecular complexity index is 1170. The summed E-state index contributed by atoms with van der Waals surface area (Å²) in [6.07, 6.45) is 3.88. The molecule has 2 aromatic carbocycles. The first kappa shape index (κ1) is 20.6. The van der Waals surface area contributed by atoms with Gasteiger partial charge in [0.1, 0.15) is 5.76 Å². The Morgan fingerprint density at radius 1 is 1.10 bits per heavy atom. The Morgan fingerprint density at radius 3 is 2.70 bits per heavy atom. The number of oxazole rings is 1. The molecule has 154 valence electrons. The quantitative estimate of drug-likeness (QED) is 0.372. The van der Waals surface area contributed by atoms with Crippen LogP contribution in [0.3, 0.4) is 0 Å². The van der Waals surface area contributed by atoms with Gasteiger partial charge in [-0.1, -0.05) is 74.6 Å². The van der Waals surface area contributed by atoms with Crippen LogP contribution in [-0.4, -0.2) is 15.9 Å². The molecular formula is C23H23N3O2S2. The molecule has 2 heterocycles. The minimum atomic E-state index is -0.0697. The second-order valence-electron chi connectivity index (χ2n) is 8.00. The SMILES string of the molecule is CC(C)(C)c1cnc(CSc2cnc(NC(=O)Cc3cccc4ccccc34)s2)o1. The molecule has 1 N–H and O–H groups in total. The molecule has 0 atom stereocenters. The van der Waals surface area contributed by atoms with Crippen molar-refractivity contribution in [1.29, 1.82) is 0 Å². The molecule has 30 heavy (non-hydrogen) atoms. The molecule has 0 spiro atoms. The lowest BCUT2D eigenvalue weighted by atomic mass is 9.94. The summed E-state index contributed by atoms with van der Waals surface area (Å²) >= 11 is 3.06. The number of benzene rings is 2. The van der Waals surface area contributed by atoms with Gasteiger partial charge in [-0.25, -0.2) is 9.97 Å². The van der Waals surface area contributed by atoms with Crippen LogP contribution in [0.25, 0.3) is 10.8 Å². The predicted octanol–water partition coefficient (Wildman–Crippen LogP) is 6.06. The molecule has 7 heteroatoms. The summed E-state index contributed by atoms with van der Waals surface area (Å²) in [6.45, 7) is 6.29. The number of nitrogens with one attached hydrogen (secondary N) is 1. The fraction of sp³-hybridized carbons (Fsp3) is 0.261. The normalized spacial score (nSPS) is 11.7. The van der Waals surface area contributed by atoms with Crippen molar-refractivity contribution in [3.63, 3.8) is 0 Å². The van der Waals surface area contributed by atoms with Gasteiger partial charge in [-0.3, -0.25) is 4.79 Å². The smallest absolute Gasteiger partial charge is 0.230 e. The van der Waals surface area contributed by atoms with E-state index >= 15 is 0 Å². The molecule has 0 radical (unpaired) electrons. The van der Waals surface area contributed by atoms with E-state index in [4.69, 9.17) is 4.42 Å². The second kappa shape index (κ2) is 8.62. The molecule has 0 aliphatic rings. The highest BCUT2D eigenvalue weighted by molar-refractivity contribution is 8.00. The zero-order valence-corrected chi connectivity index (χ0v) is 18.8. The molecule has 0 bridgehead atoms. The highest BCUT2D eigenvalue weighted by Gasteiger charge is 2.19. The van der Waals surface area contributed by atoms with E-state index in [0.29, 0.717) is 23.2 Å². The second-order valence-corrected chi connectivity index (χ2v) is 10.3. The lowest BCUT2D eigenvalue weighted by Gasteiger charge is -2.12. The number of aromatic nitrogens is 2. The highest BCUT2D eigenvalue weighted by Crippen LogP contribution is 2.32. The van der Waals surface area contributed by atoms with Crippen molar-refractivity contribution < 1.29 is 9.21 Å². The maximum Gasteiger partial charge on any atom is 0.230 e. The summed E-state index contributed by atoms with van der Waals surface area (Å²) < 4.78 is 6.83. The predicted molar refractivity (Wildman–Crippen MR) is 123 cm³/mol. The third kappa shape index (κ3) is 4.91. The Kier molecular flexibility index (Phi) is 5.92. The van der Waals surface area contributed by atoms with Crippen molar-refractivity contribution in [2.24, 2.45) is 0 Å². The topological polar surface area (TPSA) is 68.0 Å². The van der Waals surface area contributed by atoms with Gasteiger partial charge in [-0.15, -0.1) is 11.8 Å². The Hall–Kier alpha value is -2.64. The largest absolute Gasteiger partial charge is 0.444 e. The first-order valence-electron chi connectivity index (χ1n) is 9.69. The Morgan fingerprint density at radius 2 is 1.90 bits per heavy atom. The number of nitrogens with zero attached hydrogens (tertiary/aromatic N) is 2. The van der Waals surface area contributed by atoms with E-state index < -0.39 is 0 Å². The van der Waals surface area contributed by atoms with E-state index in [0.717, 1.165) is 26.3 Å². The average molecular weight is 438 g/mol. The summed E-state index contributed by atoms with van der Waals surface area (Å²) in [5.74, 6) is 2.13. The van der Waals surface area contributed by atoms with E-state index in [1.165, 1.54) is 11.3 Å². The molecule has 0 fully saturated rings. The van der Waals surface area contributed by atoms with Gasteiger partial charge in [0.05, 0.1) is 28.8 Å². The van der Waals surface area contributed by atoms with Gasteiger partial charge < -0.3 is 9.73 Å². The van der Waals surface area contributed by atoms with Gasteiger partial charge in [-0.2, -0.15) is 0 Å². The molecule has 5 nitrogen and oxygen atoms in total. The lowest BCUT2D eigenvalue weighted by molar-refractivity contribution is -0.115. The minimum Gasteiger partial charge on any atom is -0.444 e. The third-order valence-corrected chi connectivity index (χ3v) is 6.68. The lowest BCUT2D eigenvalue weighted by Crippen LogP contribution is -2.14. The summed E-state index contributed by atoms with van der Waals surface area (Å²) in [7, 11) is 0.